The first kappa shape index (κ1) is 14.7. The number of nitrogens with two attached hydrogens (primary N) is 1. The van der Waals surface area contributed by atoms with Crippen LogP contribution in [0, 0.1) is 6.92 Å². The van der Waals surface area contributed by atoms with Gasteiger partial charge in [0, 0.05) is 25.8 Å². The largest absolute Gasteiger partial charge is 0.389 e. The molecule has 0 saturated carbocycles. The second-order valence-electron chi connectivity index (χ2n) is 5.63. The van der Waals surface area contributed by atoms with E-state index in [2.05, 4.69) is 4.98 Å². The van der Waals surface area contributed by atoms with Crippen molar-refractivity contribution in [2.45, 2.75) is 26.3 Å². The number of nitrogens with zero attached hydrogens (tertiary/aromatic N) is 3. The summed E-state index contributed by atoms with van der Waals surface area (Å²) in [5.41, 5.74) is 6.73. The summed E-state index contributed by atoms with van der Waals surface area (Å²) < 4.78 is 0. The van der Waals surface area contributed by atoms with E-state index in [1.807, 2.05) is 44.9 Å². The Hall–Kier alpha value is -1.69. The Morgan fingerprint density at radius 3 is 2.65 bits per heavy atom. The highest BCUT2D eigenvalue weighted by Gasteiger charge is 2.42. The summed E-state index contributed by atoms with van der Waals surface area (Å²) in [7, 11) is 1.82. The summed E-state index contributed by atoms with van der Waals surface area (Å²) in [5.74, 6) is 0.768. The van der Waals surface area contributed by atoms with E-state index in [1.165, 1.54) is 0 Å². The lowest BCUT2D eigenvalue weighted by molar-refractivity contribution is -0.136. The van der Waals surface area contributed by atoms with Crippen LogP contribution in [0.1, 0.15) is 25.1 Å². The van der Waals surface area contributed by atoms with E-state index in [9.17, 15) is 4.79 Å². The predicted molar refractivity (Wildman–Crippen MR) is 83.9 cm³/mol. The van der Waals surface area contributed by atoms with Crippen molar-refractivity contribution in [3.8, 4) is 0 Å². The van der Waals surface area contributed by atoms with Gasteiger partial charge in [-0.15, -0.1) is 0 Å². The Morgan fingerprint density at radius 1 is 1.40 bits per heavy atom. The van der Waals surface area contributed by atoms with Crippen molar-refractivity contribution in [3.05, 3.63) is 23.4 Å². The number of hydrogen-bond donors (Lipinski definition) is 1. The average Bonchev–Trinajstić information content (AvgIpc) is 2.35. The van der Waals surface area contributed by atoms with Gasteiger partial charge in [-0.1, -0.05) is 12.2 Å². The van der Waals surface area contributed by atoms with Crippen LogP contribution in [-0.2, 0) is 4.79 Å². The summed E-state index contributed by atoms with van der Waals surface area (Å²) in [4.78, 5) is 21.0. The Bertz CT molecular complexity index is 570. The lowest BCUT2D eigenvalue weighted by Gasteiger charge is -2.46. The Kier molecular flexibility index (Phi) is 3.69. The number of likely N-dealkylation sites (N-methyl/N-ethyl adjacent to an activating group) is 1. The molecule has 1 aliphatic heterocycles. The lowest BCUT2D eigenvalue weighted by atomic mass is 9.97. The van der Waals surface area contributed by atoms with Crippen molar-refractivity contribution in [3.63, 3.8) is 0 Å². The van der Waals surface area contributed by atoms with Gasteiger partial charge in [0.1, 0.15) is 16.3 Å². The molecule has 1 aromatic rings. The molecule has 0 aromatic carbocycles. The molecule has 20 heavy (non-hydrogen) atoms. The van der Waals surface area contributed by atoms with E-state index in [-0.39, 0.29) is 5.91 Å². The van der Waals surface area contributed by atoms with Crippen molar-refractivity contribution < 1.29 is 4.79 Å². The van der Waals surface area contributed by atoms with Crippen LogP contribution in [0.2, 0.25) is 0 Å². The molecule has 1 aliphatic rings. The van der Waals surface area contributed by atoms with Gasteiger partial charge in [0.15, 0.2) is 0 Å². The van der Waals surface area contributed by atoms with Gasteiger partial charge in [-0.2, -0.15) is 0 Å². The van der Waals surface area contributed by atoms with Gasteiger partial charge in [0.05, 0.1) is 5.56 Å². The minimum atomic E-state index is -0.659. The third kappa shape index (κ3) is 2.35. The van der Waals surface area contributed by atoms with Crippen molar-refractivity contribution in [2.24, 2.45) is 5.73 Å². The van der Waals surface area contributed by atoms with Crippen molar-refractivity contribution in [2.75, 3.05) is 25.0 Å². The van der Waals surface area contributed by atoms with Gasteiger partial charge < -0.3 is 15.5 Å². The topological polar surface area (TPSA) is 62.5 Å². The molecule has 2 N–H and O–H groups in total. The SMILES string of the molecule is Cc1ccc(C(N)=S)c(N2CCN(C)C(=O)C2(C)C)n1. The lowest BCUT2D eigenvalue weighted by Crippen LogP contribution is -2.62. The zero-order valence-electron chi connectivity index (χ0n) is 12.3. The zero-order valence-corrected chi connectivity index (χ0v) is 13.1. The van der Waals surface area contributed by atoms with Crippen LogP contribution in [0.3, 0.4) is 0 Å². The predicted octanol–water partition coefficient (Wildman–Crippen LogP) is 1.08. The molecule has 0 aliphatic carbocycles. The second-order valence-corrected chi connectivity index (χ2v) is 6.07. The second kappa shape index (κ2) is 5.01. The molecule has 6 heteroatoms. The summed E-state index contributed by atoms with van der Waals surface area (Å²) >= 11 is 5.11. The molecule has 2 heterocycles. The quantitative estimate of drug-likeness (QED) is 0.827. The van der Waals surface area contributed by atoms with Gasteiger partial charge in [0.2, 0.25) is 5.91 Å². The molecule has 2 rings (SSSR count). The van der Waals surface area contributed by atoms with E-state index in [0.717, 1.165) is 11.3 Å². The van der Waals surface area contributed by atoms with Crippen molar-refractivity contribution in [1.82, 2.24) is 9.88 Å². The highest BCUT2D eigenvalue weighted by Crippen LogP contribution is 2.29. The minimum Gasteiger partial charge on any atom is -0.389 e. The first-order chi connectivity index (χ1) is 9.25. The highest BCUT2D eigenvalue weighted by molar-refractivity contribution is 7.80. The number of carbonyl (C=O) groups is 1. The first-order valence-corrected chi connectivity index (χ1v) is 6.96. The standard InChI is InChI=1S/C14H20N4OS/c1-9-5-6-10(11(15)20)12(16-9)18-8-7-17(4)13(19)14(18,2)3/h5-6H,7-8H2,1-4H3,(H2,15,20). The van der Waals surface area contributed by atoms with Gasteiger partial charge in [0.25, 0.3) is 0 Å². The summed E-state index contributed by atoms with van der Waals surface area (Å²) in [6.45, 7) is 7.09. The Morgan fingerprint density at radius 2 is 2.05 bits per heavy atom. The number of anilines is 1. The number of aryl methyl sites for hydroxylation is 1. The van der Waals surface area contributed by atoms with Crippen molar-refractivity contribution in [1.29, 1.82) is 0 Å². The monoisotopic (exact) mass is 292 g/mol. The average molecular weight is 292 g/mol. The van der Waals surface area contributed by atoms with Crippen LogP contribution < -0.4 is 10.6 Å². The zero-order chi connectivity index (χ0) is 15.1. The van der Waals surface area contributed by atoms with Gasteiger partial charge in [-0.25, -0.2) is 4.98 Å². The number of hydrogen-bond acceptors (Lipinski definition) is 4. The van der Waals surface area contributed by atoms with Crippen LogP contribution in [0.5, 0.6) is 0 Å². The van der Waals surface area contributed by atoms with E-state index in [1.54, 1.807) is 4.90 Å². The molecule has 0 spiro atoms. The minimum absolute atomic E-state index is 0.0703. The fourth-order valence-electron chi connectivity index (χ4n) is 2.53. The summed E-state index contributed by atoms with van der Waals surface area (Å²) in [6.07, 6.45) is 0. The fraction of sp³-hybridized carbons (Fsp3) is 0.500. The maximum atomic E-state index is 12.4. The number of amides is 1. The van der Waals surface area contributed by atoms with E-state index in [0.29, 0.717) is 23.9 Å². The van der Waals surface area contributed by atoms with Crippen LogP contribution in [0.4, 0.5) is 5.82 Å². The van der Waals surface area contributed by atoms with E-state index >= 15 is 0 Å². The molecule has 1 aromatic heterocycles. The molecular formula is C14H20N4OS. The third-order valence-electron chi connectivity index (χ3n) is 3.74. The van der Waals surface area contributed by atoms with Gasteiger partial charge in [-0.05, 0) is 32.9 Å². The maximum absolute atomic E-state index is 12.4. The number of piperazine rings is 1. The van der Waals surface area contributed by atoms with Crippen LogP contribution in [-0.4, -0.2) is 46.5 Å². The number of aromatic nitrogens is 1. The molecule has 1 amide bonds. The molecule has 0 radical (unpaired) electrons. The van der Waals surface area contributed by atoms with Crippen LogP contribution >= 0.6 is 12.2 Å². The molecule has 0 unspecified atom stereocenters. The first-order valence-electron chi connectivity index (χ1n) is 6.56. The molecule has 5 nitrogen and oxygen atoms in total. The molecule has 0 atom stereocenters. The molecule has 0 bridgehead atoms. The van der Waals surface area contributed by atoms with Crippen LogP contribution in [0.15, 0.2) is 12.1 Å². The Balaban J connectivity index is 2.53. The molecule has 1 saturated heterocycles. The molecule has 108 valence electrons. The normalized spacial score (nSPS) is 18.3. The number of thiocarbonyl (C=S) groups is 1. The number of pyridine rings is 1. The summed E-state index contributed by atoms with van der Waals surface area (Å²) in [6, 6.07) is 3.75. The highest BCUT2D eigenvalue weighted by atomic mass is 32.1. The molecular weight excluding hydrogens is 272 g/mol. The molecule has 1 fully saturated rings. The third-order valence-corrected chi connectivity index (χ3v) is 3.96. The van der Waals surface area contributed by atoms with Crippen LogP contribution in [0.25, 0.3) is 0 Å². The van der Waals surface area contributed by atoms with Gasteiger partial charge in [-0.3, -0.25) is 4.79 Å². The Labute approximate surface area is 124 Å². The smallest absolute Gasteiger partial charge is 0.247 e. The van der Waals surface area contributed by atoms with Crippen molar-refractivity contribution >= 4 is 28.9 Å². The fourth-order valence-corrected chi connectivity index (χ4v) is 2.68. The number of carbonyl (C=O) groups excluding carboxylic acids is 1. The van der Waals surface area contributed by atoms with E-state index < -0.39 is 5.54 Å². The van der Waals surface area contributed by atoms with Gasteiger partial charge >= 0.3 is 0 Å². The summed E-state index contributed by atoms with van der Waals surface area (Å²) in [5, 5.41) is 0. The number of rotatable bonds is 2. The maximum Gasteiger partial charge on any atom is 0.247 e. The van der Waals surface area contributed by atoms with E-state index in [4.69, 9.17) is 18.0 Å².